The molecule has 3 rings (SSSR count). The van der Waals surface area contributed by atoms with Crippen molar-refractivity contribution in [2.45, 2.75) is 26.3 Å². The van der Waals surface area contributed by atoms with E-state index in [2.05, 4.69) is 23.2 Å². The van der Waals surface area contributed by atoms with Crippen molar-refractivity contribution in [1.29, 1.82) is 0 Å². The number of nitrogens with two attached hydrogens (primary N) is 1. The maximum absolute atomic E-state index is 12.9. The van der Waals surface area contributed by atoms with E-state index in [4.69, 9.17) is 10.5 Å². The molecule has 2 fully saturated rings. The fraction of sp³-hybridized carbons (Fsp3) is 0.632. The number of carbonyl (C=O) groups is 1. The Balaban J connectivity index is 1.71. The van der Waals surface area contributed by atoms with Crippen molar-refractivity contribution in [3.05, 3.63) is 29.3 Å². The zero-order valence-corrected chi connectivity index (χ0v) is 15.9. The zero-order chi connectivity index (χ0) is 17.7. The molecule has 0 aromatic heterocycles. The summed E-state index contributed by atoms with van der Waals surface area (Å²) in [5, 5.41) is 3.15. The number of nitrogens with one attached hydrogen (secondary N) is 1. The number of benzene rings is 1. The molecule has 2 aliphatic rings. The lowest BCUT2D eigenvalue weighted by Crippen LogP contribution is -2.46. The van der Waals surface area contributed by atoms with Gasteiger partial charge in [-0.3, -0.25) is 9.69 Å². The molecule has 1 amide bonds. The highest BCUT2D eigenvalue weighted by atomic mass is 32.2. The minimum atomic E-state index is -0.495. The van der Waals surface area contributed by atoms with E-state index in [1.54, 1.807) is 0 Å². The predicted molar refractivity (Wildman–Crippen MR) is 104 cm³/mol. The fourth-order valence-electron chi connectivity index (χ4n) is 3.53. The first kappa shape index (κ1) is 18.7. The van der Waals surface area contributed by atoms with Crippen LogP contribution in [0.3, 0.4) is 0 Å². The Morgan fingerprint density at radius 1 is 1.32 bits per heavy atom. The van der Waals surface area contributed by atoms with Crippen molar-refractivity contribution in [1.82, 2.24) is 4.90 Å². The maximum atomic E-state index is 12.9. The summed E-state index contributed by atoms with van der Waals surface area (Å²) < 4.78 is 5.41. The van der Waals surface area contributed by atoms with Gasteiger partial charge in [0.1, 0.15) is 0 Å². The molecular formula is C19H29N3O2S. The quantitative estimate of drug-likeness (QED) is 0.840. The highest BCUT2D eigenvalue weighted by Crippen LogP contribution is 2.32. The molecule has 25 heavy (non-hydrogen) atoms. The molecule has 0 spiro atoms. The number of anilines is 1. The minimum Gasteiger partial charge on any atom is -0.381 e. The number of nitrogens with zero attached hydrogens (tertiary/aromatic N) is 1. The number of thioether (sulfide) groups is 1. The molecule has 6 heteroatoms. The van der Waals surface area contributed by atoms with Crippen molar-refractivity contribution in [2.24, 2.45) is 11.1 Å². The molecule has 2 saturated heterocycles. The summed E-state index contributed by atoms with van der Waals surface area (Å²) >= 11 is 2.02. The molecule has 0 saturated carbocycles. The van der Waals surface area contributed by atoms with Crippen LogP contribution in [0.4, 0.5) is 5.69 Å². The fourth-order valence-corrected chi connectivity index (χ4v) is 4.51. The third-order valence-electron chi connectivity index (χ3n) is 5.51. The van der Waals surface area contributed by atoms with Gasteiger partial charge in [-0.25, -0.2) is 0 Å². The molecule has 138 valence electrons. The molecule has 2 aliphatic heterocycles. The van der Waals surface area contributed by atoms with Crippen LogP contribution in [0.15, 0.2) is 18.2 Å². The Hall–Kier alpha value is -1.08. The molecule has 0 bridgehead atoms. The molecule has 1 aromatic rings. The van der Waals surface area contributed by atoms with E-state index in [9.17, 15) is 4.79 Å². The number of rotatable bonds is 5. The van der Waals surface area contributed by atoms with Gasteiger partial charge in [-0.05, 0) is 37.0 Å². The predicted octanol–water partition coefficient (Wildman–Crippen LogP) is 2.24. The minimum absolute atomic E-state index is 0.0351. The number of amides is 1. The van der Waals surface area contributed by atoms with Crippen LogP contribution in [0.5, 0.6) is 0 Å². The third-order valence-corrected chi connectivity index (χ3v) is 6.46. The average molecular weight is 364 g/mol. The Labute approximate surface area is 154 Å². The Morgan fingerprint density at radius 3 is 2.72 bits per heavy atom. The Bertz CT molecular complexity index is 596. The number of carbonyl (C=O) groups excluding carboxylic acids is 1. The van der Waals surface area contributed by atoms with E-state index in [-0.39, 0.29) is 5.91 Å². The summed E-state index contributed by atoms with van der Waals surface area (Å²) in [7, 11) is 0. The lowest BCUT2D eigenvalue weighted by atomic mass is 9.79. The number of hydrogen-bond acceptors (Lipinski definition) is 5. The van der Waals surface area contributed by atoms with Gasteiger partial charge in [0.15, 0.2) is 0 Å². The van der Waals surface area contributed by atoms with Gasteiger partial charge in [0, 0.05) is 56.6 Å². The second-order valence-corrected chi connectivity index (χ2v) is 8.25. The van der Waals surface area contributed by atoms with E-state index in [0.29, 0.717) is 32.6 Å². The smallest absolute Gasteiger partial charge is 0.232 e. The van der Waals surface area contributed by atoms with Crippen LogP contribution < -0.4 is 11.1 Å². The van der Waals surface area contributed by atoms with Crippen LogP contribution in [-0.4, -0.2) is 55.2 Å². The first-order chi connectivity index (χ1) is 12.1. The topological polar surface area (TPSA) is 67.6 Å². The zero-order valence-electron chi connectivity index (χ0n) is 15.1. The van der Waals surface area contributed by atoms with Gasteiger partial charge in [-0.15, -0.1) is 0 Å². The summed E-state index contributed by atoms with van der Waals surface area (Å²) in [6, 6.07) is 6.20. The van der Waals surface area contributed by atoms with Crippen molar-refractivity contribution < 1.29 is 9.53 Å². The van der Waals surface area contributed by atoms with Crippen LogP contribution in [0, 0.1) is 12.3 Å². The first-order valence-electron chi connectivity index (χ1n) is 9.12. The third kappa shape index (κ3) is 4.37. The highest BCUT2D eigenvalue weighted by molar-refractivity contribution is 7.99. The van der Waals surface area contributed by atoms with Crippen LogP contribution >= 0.6 is 11.8 Å². The second-order valence-electron chi connectivity index (χ2n) is 7.03. The summed E-state index contributed by atoms with van der Waals surface area (Å²) in [4.78, 5) is 15.4. The van der Waals surface area contributed by atoms with E-state index in [0.717, 1.165) is 30.9 Å². The molecule has 1 aromatic carbocycles. The molecular weight excluding hydrogens is 334 g/mol. The SMILES string of the molecule is Cc1c(CN2CCSCC2)cccc1NC(=O)C1(CN)CCOCC1. The first-order valence-corrected chi connectivity index (χ1v) is 10.3. The molecule has 0 atom stereocenters. The molecule has 0 radical (unpaired) electrons. The van der Waals surface area contributed by atoms with E-state index >= 15 is 0 Å². The molecule has 0 aliphatic carbocycles. The second kappa shape index (κ2) is 8.54. The Kier molecular flexibility index (Phi) is 6.39. The number of ether oxygens (including phenoxy) is 1. The van der Waals surface area contributed by atoms with Crippen molar-refractivity contribution in [2.75, 3.05) is 49.7 Å². The Morgan fingerprint density at radius 2 is 2.04 bits per heavy atom. The summed E-state index contributed by atoms with van der Waals surface area (Å²) in [5.74, 6) is 2.44. The number of hydrogen-bond donors (Lipinski definition) is 2. The van der Waals surface area contributed by atoms with Crippen LogP contribution in [0.25, 0.3) is 0 Å². The largest absolute Gasteiger partial charge is 0.381 e. The van der Waals surface area contributed by atoms with Crippen molar-refractivity contribution >= 4 is 23.4 Å². The molecule has 2 heterocycles. The van der Waals surface area contributed by atoms with Crippen LogP contribution in [0.1, 0.15) is 24.0 Å². The van der Waals surface area contributed by atoms with Crippen LogP contribution in [-0.2, 0) is 16.1 Å². The van der Waals surface area contributed by atoms with Crippen LogP contribution in [0.2, 0.25) is 0 Å². The molecule has 5 nitrogen and oxygen atoms in total. The van der Waals surface area contributed by atoms with E-state index in [1.165, 1.54) is 17.1 Å². The van der Waals surface area contributed by atoms with Gasteiger partial charge in [-0.2, -0.15) is 11.8 Å². The highest BCUT2D eigenvalue weighted by Gasteiger charge is 2.39. The van der Waals surface area contributed by atoms with Crippen molar-refractivity contribution in [3.63, 3.8) is 0 Å². The monoisotopic (exact) mass is 363 g/mol. The average Bonchev–Trinajstić information content (AvgIpc) is 2.66. The molecule has 3 N–H and O–H groups in total. The summed E-state index contributed by atoms with van der Waals surface area (Å²) in [5.41, 5.74) is 8.83. The molecule has 0 unspecified atom stereocenters. The van der Waals surface area contributed by atoms with E-state index < -0.39 is 5.41 Å². The van der Waals surface area contributed by atoms with Gasteiger partial charge < -0.3 is 15.8 Å². The van der Waals surface area contributed by atoms with Gasteiger partial charge in [-0.1, -0.05) is 12.1 Å². The van der Waals surface area contributed by atoms with Gasteiger partial charge in [0.05, 0.1) is 5.41 Å². The van der Waals surface area contributed by atoms with Gasteiger partial charge in [0.25, 0.3) is 0 Å². The summed E-state index contributed by atoms with van der Waals surface area (Å²) in [6.45, 7) is 6.91. The standard InChI is InChI=1S/C19H29N3O2S/c1-15-16(13-22-7-11-25-12-8-22)3-2-4-17(15)21-18(23)19(14-20)5-9-24-10-6-19/h2-4H,5-14,20H2,1H3,(H,21,23). The normalized spacial score (nSPS) is 21.0. The lowest BCUT2D eigenvalue weighted by molar-refractivity contribution is -0.130. The van der Waals surface area contributed by atoms with Gasteiger partial charge >= 0.3 is 0 Å². The van der Waals surface area contributed by atoms with Crippen molar-refractivity contribution in [3.8, 4) is 0 Å². The summed E-state index contributed by atoms with van der Waals surface area (Å²) in [6.07, 6.45) is 1.39. The maximum Gasteiger partial charge on any atom is 0.232 e. The van der Waals surface area contributed by atoms with E-state index in [1.807, 2.05) is 23.9 Å². The lowest BCUT2D eigenvalue weighted by Gasteiger charge is -2.34. The van der Waals surface area contributed by atoms with Gasteiger partial charge in [0.2, 0.25) is 5.91 Å².